The lowest BCUT2D eigenvalue weighted by atomic mass is 10.1. The zero-order valence-electron chi connectivity index (χ0n) is 10.8. The number of carbonyl (C=O) groups is 1. The molecule has 0 saturated carbocycles. The highest BCUT2D eigenvalue weighted by molar-refractivity contribution is 5.83. The fraction of sp³-hybridized carbons (Fsp3) is 0.357. The average Bonchev–Trinajstić information content (AvgIpc) is 2.24. The van der Waals surface area contributed by atoms with Crippen molar-refractivity contribution in [1.29, 1.82) is 0 Å². The van der Waals surface area contributed by atoms with Crippen molar-refractivity contribution in [3.05, 3.63) is 41.1 Å². The largest absolute Gasteiger partial charge is 0.463 e. The van der Waals surface area contributed by atoms with E-state index in [0.29, 0.717) is 6.61 Å². The molecule has 0 aliphatic heterocycles. The van der Waals surface area contributed by atoms with E-state index in [4.69, 9.17) is 4.74 Å². The molecule has 1 aromatic rings. The molecule has 0 unspecified atom stereocenters. The van der Waals surface area contributed by atoms with Crippen molar-refractivity contribution in [2.45, 2.75) is 27.7 Å². The van der Waals surface area contributed by atoms with E-state index in [-0.39, 0.29) is 5.97 Å². The van der Waals surface area contributed by atoms with Gasteiger partial charge in [0.05, 0.1) is 6.61 Å². The summed E-state index contributed by atoms with van der Waals surface area (Å²) < 4.78 is 4.86. The van der Waals surface area contributed by atoms with E-state index in [2.05, 4.69) is 5.32 Å². The van der Waals surface area contributed by atoms with Gasteiger partial charge < -0.3 is 10.1 Å². The molecular weight excluding hydrogens is 214 g/mol. The van der Waals surface area contributed by atoms with Crippen molar-refractivity contribution in [1.82, 2.24) is 0 Å². The molecule has 1 rings (SSSR count). The predicted molar refractivity (Wildman–Crippen MR) is 69.9 cm³/mol. The lowest BCUT2D eigenvalue weighted by Crippen LogP contribution is -2.05. The van der Waals surface area contributed by atoms with Crippen LogP contribution in [0.15, 0.2) is 30.0 Å². The number of benzene rings is 1. The van der Waals surface area contributed by atoms with Crippen LogP contribution in [0.2, 0.25) is 0 Å². The summed E-state index contributed by atoms with van der Waals surface area (Å²) in [6.45, 7) is 8.11. The number of hydrogen-bond acceptors (Lipinski definition) is 3. The maximum atomic E-state index is 11.3. The summed E-state index contributed by atoms with van der Waals surface area (Å²) >= 11 is 0. The van der Waals surface area contributed by atoms with E-state index in [1.807, 2.05) is 39.0 Å². The number of nitrogens with one attached hydrogen (secondary N) is 1. The van der Waals surface area contributed by atoms with Gasteiger partial charge in [0.15, 0.2) is 0 Å². The number of hydrogen-bond donors (Lipinski definition) is 1. The number of rotatable bonds is 4. The summed E-state index contributed by atoms with van der Waals surface area (Å²) in [6.07, 6.45) is 1.47. The minimum atomic E-state index is -0.316. The first-order valence-corrected chi connectivity index (χ1v) is 5.73. The highest BCUT2D eigenvalue weighted by Gasteiger charge is 2.03. The standard InChI is InChI=1S/C14H19NO2/c1-5-17-13(16)9-12(4)15-14-10(2)7-6-8-11(14)3/h6-9,15H,5H2,1-4H3/b12-9-. The second kappa shape index (κ2) is 6.09. The Balaban J connectivity index is 2.81. The van der Waals surface area contributed by atoms with Crippen molar-refractivity contribution in [3.63, 3.8) is 0 Å². The van der Waals surface area contributed by atoms with Gasteiger partial charge in [0.25, 0.3) is 0 Å². The Hall–Kier alpha value is -1.77. The third-order valence-electron chi connectivity index (χ3n) is 2.42. The first kappa shape index (κ1) is 13.3. The molecule has 0 atom stereocenters. The molecule has 3 nitrogen and oxygen atoms in total. The van der Waals surface area contributed by atoms with Crippen LogP contribution < -0.4 is 5.32 Å². The Bertz CT molecular complexity index is 416. The monoisotopic (exact) mass is 233 g/mol. The van der Waals surface area contributed by atoms with Gasteiger partial charge >= 0.3 is 5.97 Å². The van der Waals surface area contributed by atoms with Crippen molar-refractivity contribution < 1.29 is 9.53 Å². The first-order chi connectivity index (χ1) is 8.04. The quantitative estimate of drug-likeness (QED) is 0.641. The van der Waals surface area contributed by atoms with Gasteiger partial charge in [-0.3, -0.25) is 0 Å². The number of ether oxygens (including phenoxy) is 1. The number of allylic oxidation sites excluding steroid dienone is 1. The van der Waals surface area contributed by atoms with Crippen LogP contribution in [0.3, 0.4) is 0 Å². The van der Waals surface area contributed by atoms with Gasteiger partial charge in [0.1, 0.15) is 0 Å². The van der Waals surface area contributed by atoms with Crippen molar-refractivity contribution >= 4 is 11.7 Å². The lowest BCUT2D eigenvalue weighted by Gasteiger charge is -2.12. The van der Waals surface area contributed by atoms with Gasteiger partial charge in [-0.2, -0.15) is 0 Å². The minimum absolute atomic E-state index is 0.316. The smallest absolute Gasteiger partial charge is 0.332 e. The number of esters is 1. The van der Waals surface area contributed by atoms with E-state index in [1.54, 1.807) is 6.92 Å². The first-order valence-electron chi connectivity index (χ1n) is 5.73. The zero-order chi connectivity index (χ0) is 12.8. The van der Waals surface area contributed by atoms with Crippen LogP contribution in [-0.2, 0) is 9.53 Å². The minimum Gasteiger partial charge on any atom is -0.463 e. The molecule has 1 aromatic carbocycles. The topological polar surface area (TPSA) is 38.3 Å². The molecule has 92 valence electrons. The summed E-state index contributed by atoms with van der Waals surface area (Å²) in [6, 6.07) is 6.08. The summed E-state index contributed by atoms with van der Waals surface area (Å²) in [7, 11) is 0. The summed E-state index contributed by atoms with van der Waals surface area (Å²) in [5, 5.41) is 3.23. The number of aryl methyl sites for hydroxylation is 2. The van der Waals surface area contributed by atoms with E-state index in [9.17, 15) is 4.79 Å². The lowest BCUT2D eigenvalue weighted by molar-refractivity contribution is -0.137. The average molecular weight is 233 g/mol. The van der Waals surface area contributed by atoms with Crippen molar-refractivity contribution in [2.75, 3.05) is 11.9 Å². The van der Waals surface area contributed by atoms with Crippen LogP contribution in [0.25, 0.3) is 0 Å². The molecular formula is C14H19NO2. The molecule has 0 heterocycles. The molecule has 3 heteroatoms. The Morgan fingerprint density at radius 1 is 1.35 bits per heavy atom. The Labute approximate surface area is 102 Å². The van der Waals surface area contributed by atoms with Crippen LogP contribution in [0, 0.1) is 13.8 Å². The highest BCUT2D eigenvalue weighted by atomic mass is 16.5. The zero-order valence-corrected chi connectivity index (χ0v) is 10.8. The molecule has 0 radical (unpaired) electrons. The molecule has 0 bridgehead atoms. The fourth-order valence-electron chi connectivity index (χ4n) is 1.61. The van der Waals surface area contributed by atoms with Gasteiger partial charge in [-0.25, -0.2) is 4.79 Å². The number of carbonyl (C=O) groups excluding carboxylic acids is 1. The maximum Gasteiger partial charge on any atom is 0.332 e. The van der Waals surface area contributed by atoms with E-state index >= 15 is 0 Å². The Morgan fingerprint density at radius 2 is 1.94 bits per heavy atom. The van der Waals surface area contributed by atoms with E-state index in [1.165, 1.54) is 6.08 Å². The van der Waals surface area contributed by atoms with Gasteiger partial charge in [-0.15, -0.1) is 0 Å². The summed E-state index contributed by atoms with van der Waals surface area (Å²) in [5.41, 5.74) is 4.13. The number of para-hydroxylation sites is 1. The van der Waals surface area contributed by atoms with Crippen LogP contribution in [0.5, 0.6) is 0 Å². The van der Waals surface area contributed by atoms with Gasteiger partial charge in [-0.05, 0) is 38.8 Å². The van der Waals surface area contributed by atoms with Gasteiger partial charge in [0, 0.05) is 17.5 Å². The molecule has 0 saturated heterocycles. The molecule has 0 aromatic heterocycles. The van der Waals surface area contributed by atoms with Gasteiger partial charge in [-0.1, -0.05) is 18.2 Å². The van der Waals surface area contributed by atoms with Gasteiger partial charge in [0.2, 0.25) is 0 Å². The maximum absolute atomic E-state index is 11.3. The van der Waals surface area contributed by atoms with Crippen LogP contribution in [0.1, 0.15) is 25.0 Å². The van der Waals surface area contributed by atoms with Crippen molar-refractivity contribution in [2.24, 2.45) is 0 Å². The third kappa shape index (κ3) is 3.94. The molecule has 1 N–H and O–H groups in total. The molecule has 0 amide bonds. The van der Waals surface area contributed by atoms with Crippen molar-refractivity contribution in [3.8, 4) is 0 Å². The summed E-state index contributed by atoms with van der Waals surface area (Å²) in [4.78, 5) is 11.3. The SMILES string of the molecule is CCOC(=O)/C=C(/C)Nc1c(C)cccc1C. The molecule has 17 heavy (non-hydrogen) atoms. The normalized spacial score (nSPS) is 11.2. The van der Waals surface area contributed by atoms with Crippen LogP contribution in [0.4, 0.5) is 5.69 Å². The molecule has 0 aliphatic rings. The summed E-state index contributed by atoms with van der Waals surface area (Å²) in [5.74, 6) is -0.316. The van der Waals surface area contributed by atoms with Crippen LogP contribution >= 0.6 is 0 Å². The predicted octanol–water partition coefficient (Wildman–Crippen LogP) is 3.18. The number of anilines is 1. The van der Waals surface area contributed by atoms with E-state index in [0.717, 1.165) is 22.5 Å². The Morgan fingerprint density at radius 3 is 2.47 bits per heavy atom. The second-order valence-corrected chi connectivity index (χ2v) is 3.97. The van der Waals surface area contributed by atoms with Crippen LogP contribution in [-0.4, -0.2) is 12.6 Å². The molecule has 0 spiro atoms. The fourth-order valence-corrected chi connectivity index (χ4v) is 1.61. The Kier molecular flexibility index (Phi) is 4.76. The molecule has 0 aliphatic carbocycles. The third-order valence-corrected chi connectivity index (χ3v) is 2.42. The molecule has 0 fully saturated rings. The highest BCUT2D eigenvalue weighted by Crippen LogP contribution is 2.20. The van der Waals surface area contributed by atoms with E-state index < -0.39 is 0 Å². The second-order valence-electron chi connectivity index (χ2n) is 3.97.